The second kappa shape index (κ2) is 5.34. The van der Waals surface area contributed by atoms with Gasteiger partial charge in [0.2, 0.25) is 0 Å². The Labute approximate surface area is 103 Å². The standard InChI is InChI=1S/C11H16F3N3O/c1-2-9(17(16)5-7-3-4-7)10(15)8(6-18)11(12,13)14/h2,6-7,18H,1,3-5,15-16H2/b8-6-,10-9-. The summed E-state index contributed by atoms with van der Waals surface area (Å²) in [6.07, 6.45) is -1.66. The van der Waals surface area contributed by atoms with Crippen LogP contribution in [0.5, 0.6) is 0 Å². The number of hydrogen-bond acceptors (Lipinski definition) is 4. The zero-order valence-corrected chi connectivity index (χ0v) is 9.74. The number of allylic oxidation sites excluding steroid dienone is 2. The quantitative estimate of drug-likeness (QED) is 0.306. The van der Waals surface area contributed by atoms with Crippen LogP contribution in [-0.4, -0.2) is 22.8 Å². The van der Waals surface area contributed by atoms with Crippen molar-refractivity contribution in [3.05, 3.63) is 35.9 Å². The van der Waals surface area contributed by atoms with Crippen molar-refractivity contribution in [2.45, 2.75) is 19.0 Å². The van der Waals surface area contributed by atoms with Crippen molar-refractivity contribution >= 4 is 0 Å². The molecule has 0 atom stereocenters. The average Bonchev–Trinajstić information content (AvgIpc) is 3.01. The number of nitrogens with two attached hydrogens (primary N) is 2. The third-order valence-corrected chi connectivity index (χ3v) is 2.66. The van der Waals surface area contributed by atoms with Crippen LogP contribution in [0.4, 0.5) is 13.2 Å². The molecular weight excluding hydrogens is 247 g/mol. The number of halogens is 3. The fraction of sp³-hybridized carbons (Fsp3) is 0.455. The van der Waals surface area contributed by atoms with Gasteiger partial charge in [0, 0.05) is 6.54 Å². The van der Waals surface area contributed by atoms with Crippen molar-refractivity contribution in [2.24, 2.45) is 17.5 Å². The van der Waals surface area contributed by atoms with Gasteiger partial charge in [0.05, 0.1) is 17.7 Å². The van der Waals surface area contributed by atoms with E-state index in [0.29, 0.717) is 12.5 Å². The lowest BCUT2D eigenvalue weighted by Crippen LogP contribution is -2.35. The molecule has 0 aromatic carbocycles. The van der Waals surface area contributed by atoms with Crippen molar-refractivity contribution in [1.29, 1.82) is 0 Å². The molecule has 0 spiro atoms. The number of nitrogens with zero attached hydrogens (tertiary/aromatic N) is 1. The van der Waals surface area contributed by atoms with Gasteiger partial charge in [-0.1, -0.05) is 6.58 Å². The Hall–Kier alpha value is -1.63. The van der Waals surface area contributed by atoms with Gasteiger partial charge >= 0.3 is 6.18 Å². The van der Waals surface area contributed by atoms with Gasteiger partial charge < -0.3 is 15.8 Å². The van der Waals surface area contributed by atoms with Gasteiger partial charge in [0.15, 0.2) is 0 Å². The number of hydrazine groups is 1. The van der Waals surface area contributed by atoms with E-state index in [4.69, 9.17) is 16.7 Å². The van der Waals surface area contributed by atoms with Crippen molar-refractivity contribution in [3.8, 4) is 0 Å². The summed E-state index contributed by atoms with van der Waals surface area (Å²) in [6, 6.07) is 0. The first-order valence-electron chi connectivity index (χ1n) is 5.37. The topological polar surface area (TPSA) is 75.5 Å². The van der Waals surface area contributed by atoms with E-state index in [2.05, 4.69) is 6.58 Å². The molecule has 102 valence electrons. The average molecular weight is 263 g/mol. The van der Waals surface area contributed by atoms with Gasteiger partial charge in [0.1, 0.15) is 5.57 Å². The molecule has 0 amide bonds. The van der Waals surface area contributed by atoms with Crippen LogP contribution in [0.15, 0.2) is 35.9 Å². The van der Waals surface area contributed by atoms with E-state index in [-0.39, 0.29) is 12.0 Å². The Bertz CT molecular complexity index is 383. The van der Waals surface area contributed by atoms with Crippen LogP contribution in [-0.2, 0) is 0 Å². The Kier molecular flexibility index (Phi) is 4.28. The van der Waals surface area contributed by atoms with Crippen LogP contribution in [0.25, 0.3) is 0 Å². The minimum absolute atomic E-state index is 0.0421. The fourth-order valence-corrected chi connectivity index (χ4v) is 1.49. The summed E-state index contributed by atoms with van der Waals surface area (Å²) in [5, 5.41) is 9.80. The van der Waals surface area contributed by atoms with Gasteiger partial charge in [0.25, 0.3) is 0 Å². The highest BCUT2D eigenvalue weighted by Gasteiger charge is 2.37. The molecule has 1 aliphatic rings. The smallest absolute Gasteiger partial charge is 0.421 e. The highest BCUT2D eigenvalue weighted by atomic mass is 19.4. The van der Waals surface area contributed by atoms with Crippen LogP contribution in [0.1, 0.15) is 12.8 Å². The maximum atomic E-state index is 12.6. The minimum Gasteiger partial charge on any atom is -0.515 e. The molecule has 1 rings (SSSR count). The summed E-state index contributed by atoms with van der Waals surface area (Å²) in [7, 11) is 0. The molecule has 1 aliphatic carbocycles. The number of alkyl halides is 3. The summed E-state index contributed by atoms with van der Waals surface area (Å²) in [6.45, 7) is 3.81. The summed E-state index contributed by atoms with van der Waals surface area (Å²) in [4.78, 5) is 0. The second-order valence-corrected chi connectivity index (χ2v) is 4.14. The first kappa shape index (κ1) is 14.4. The van der Waals surface area contributed by atoms with E-state index < -0.39 is 17.4 Å². The maximum Gasteiger partial charge on any atom is 0.421 e. The molecule has 7 heteroatoms. The highest BCUT2D eigenvalue weighted by molar-refractivity contribution is 5.38. The minimum atomic E-state index is -4.74. The Morgan fingerprint density at radius 2 is 2.00 bits per heavy atom. The SMILES string of the molecule is C=C/C(=C(N)\C(=C\O)C(F)(F)F)N(N)CC1CC1. The summed E-state index contributed by atoms with van der Waals surface area (Å²) >= 11 is 0. The van der Waals surface area contributed by atoms with Crippen molar-refractivity contribution < 1.29 is 18.3 Å². The van der Waals surface area contributed by atoms with Gasteiger partial charge in [-0.05, 0) is 24.8 Å². The van der Waals surface area contributed by atoms with Crippen LogP contribution in [0.3, 0.4) is 0 Å². The maximum absolute atomic E-state index is 12.6. The zero-order chi connectivity index (χ0) is 13.9. The van der Waals surface area contributed by atoms with E-state index in [9.17, 15) is 13.2 Å². The van der Waals surface area contributed by atoms with E-state index in [0.717, 1.165) is 23.9 Å². The molecular formula is C11H16F3N3O. The third-order valence-electron chi connectivity index (χ3n) is 2.66. The molecule has 4 nitrogen and oxygen atoms in total. The first-order chi connectivity index (χ1) is 8.31. The Balaban J connectivity index is 3.00. The number of rotatable bonds is 5. The van der Waals surface area contributed by atoms with Crippen LogP contribution in [0.2, 0.25) is 0 Å². The van der Waals surface area contributed by atoms with Crippen molar-refractivity contribution in [1.82, 2.24) is 5.01 Å². The molecule has 0 aromatic heterocycles. The molecule has 0 radical (unpaired) electrons. The van der Waals surface area contributed by atoms with Gasteiger partial charge in [-0.15, -0.1) is 0 Å². The number of aliphatic hydroxyl groups is 1. The van der Waals surface area contributed by atoms with Crippen LogP contribution < -0.4 is 11.6 Å². The molecule has 1 fully saturated rings. The van der Waals surface area contributed by atoms with Crippen molar-refractivity contribution in [3.63, 3.8) is 0 Å². The van der Waals surface area contributed by atoms with Gasteiger partial charge in [-0.3, -0.25) is 0 Å². The van der Waals surface area contributed by atoms with E-state index in [1.54, 1.807) is 0 Å². The largest absolute Gasteiger partial charge is 0.515 e. The molecule has 0 aromatic rings. The summed E-state index contributed by atoms with van der Waals surface area (Å²) < 4.78 is 37.7. The molecule has 0 saturated heterocycles. The second-order valence-electron chi connectivity index (χ2n) is 4.14. The van der Waals surface area contributed by atoms with E-state index in [1.165, 1.54) is 0 Å². The molecule has 0 unspecified atom stereocenters. The lowest BCUT2D eigenvalue weighted by Gasteiger charge is -2.23. The van der Waals surface area contributed by atoms with Crippen LogP contribution in [0, 0.1) is 5.92 Å². The number of hydrogen-bond donors (Lipinski definition) is 3. The van der Waals surface area contributed by atoms with Crippen molar-refractivity contribution in [2.75, 3.05) is 6.54 Å². The van der Waals surface area contributed by atoms with E-state index >= 15 is 0 Å². The van der Waals surface area contributed by atoms with Gasteiger partial charge in [-0.25, -0.2) is 5.84 Å². The van der Waals surface area contributed by atoms with E-state index in [1.807, 2.05) is 0 Å². The Morgan fingerprint density at radius 3 is 2.33 bits per heavy atom. The highest BCUT2D eigenvalue weighted by Crippen LogP contribution is 2.33. The fourth-order valence-electron chi connectivity index (χ4n) is 1.49. The lowest BCUT2D eigenvalue weighted by atomic mass is 10.1. The molecule has 0 heterocycles. The summed E-state index contributed by atoms with van der Waals surface area (Å²) in [5.74, 6) is 6.03. The molecule has 0 aliphatic heterocycles. The lowest BCUT2D eigenvalue weighted by molar-refractivity contribution is -0.0911. The summed E-state index contributed by atoms with van der Waals surface area (Å²) in [5.41, 5.74) is 3.40. The zero-order valence-electron chi connectivity index (χ0n) is 9.74. The molecule has 5 N–H and O–H groups in total. The monoisotopic (exact) mass is 263 g/mol. The van der Waals surface area contributed by atoms with Gasteiger partial charge in [-0.2, -0.15) is 13.2 Å². The normalized spacial score (nSPS) is 18.3. The third kappa shape index (κ3) is 3.43. The molecule has 1 saturated carbocycles. The Morgan fingerprint density at radius 1 is 1.44 bits per heavy atom. The molecule has 0 bridgehead atoms. The first-order valence-corrected chi connectivity index (χ1v) is 5.37. The predicted molar refractivity (Wildman–Crippen MR) is 61.8 cm³/mol. The molecule has 18 heavy (non-hydrogen) atoms. The van der Waals surface area contributed by atoms with Crippen LogP contribution >= 0.6 is 0 Å². The number of aliphatic hydroxyl groups excluding tert-OH is 1. The predicted octanol–water partition coefficient (Wildman–Crippen LogP) is 1.93.